The van der Waals surface area contributed by atoms with Crippen LogP contribution in [0.4, 0.5) is 4.39 Å². The van der Waals surface area contributed by atoms with Crippen LogP contribution in [0.25, 0.3) is 11.0 Å². The lowest BCUT2D eigenvalue weighted by Crippen LogP contribution is -2.33. The molecule has 0 aliphatic rings. The highest BCUT2D eigenvalue weighted by Crippen LogP contribution is 2.23. The number of imidazole rings is 1. The van der Waals surface area contributed by atoms with Crippen LogP contribution in [0, 0.1) is 5.82 Å². The van der Waals surface area contributed by atoms with E-state index in [1.165, 1.54) is 17.3 Å². The number of rotatable bonds is 6. The van der Waals surface area contributed by atoms with Crippen LogP contribution in [-0.2, 0) is 6.54 Å². The number of hydrogen-bond donors (Lipinski definition) is 2. The highest BCUT2D eigenvalue weighted by molar-refractivity contribution is 6.04. The quantitative estimate of drug-likeness (QED) is 0.720. The fourth-order valence-corrected chi connectivity index (χ4v) is 2.76. The minimum atomic E-state index is -0.527. The van der Waals surface area contributed by atoms with Crippen molar-refractivity contribution in [3.8, 4) is 5.75 Å². The van der Waals surface area contributed by atoms with Gasteiger partial charge in [0.2, 0.25) is 0 Å². The molecule has 3 aromatic rings. The number of ether oxygens (including phenoxy) is 1. The molecule has 0 spiro atoms. The van der Waals surface area contributed by atoms with E-state index >= 15 is 0 Å². The number of methoxy groups -OCH3 is 1. The maximum Gasteiger partial charge on any atom is 0.256 e. The van der Waals surface area contributed by atoms with Crippen LogP contribution in [0.2, 0.25) is 0 Å². The van der Waals surface area contributed by atoms with Crippen molar-refractivity contribution >= 4 is 16.9 Å². The highest BCUT2D eigenvalue weighted by Gasteiger charge is 2.21. The normalized spacial score (nSPS) is 10.8. The molecule has 0 fully saturated rings. The van der Waals surface area contributed by atoms with Gasteiger partial charge in [0.1, 0.15) is 17.1 Å². The summed E-state index contributed by atoms with van der Waals surface area (Å²) in [7, 11) is 1.55. The number of H-pyrrole nitrogens is 1. The largest absolute Gasteiger partial charge is 0.496 e. The maximum absolute atomic E-state index is 13.8. The van der Waals surface area contributed by atoms with E-state index in [-0.39, 0.29) is 25.3 Å². The molecule has 0 bridgehead atoms. The molecule has 2 N–H and O–H groups in total. The Morgan fingerprint density at radius 2 is 2.16 bits per heavy atom. The van der Waals surface area contributed by atoms with Crippen LogP contribution in [0.3, 0.4) is 0 Å². The molecule has 0 saturated heterocycles. The Kier molecular flexibility index (Phi) is 4.95. The number of aromatic amines is 1. The van der Waals surface area contributed by atoms with Gasteiger partial charge >= 0.3 is 0 Å². The Balaban J connectivity index is 1.96. The number of fused-ring (bicyclic) bond motifs is 1. The summed E-state index contributed by atoms with van der Waals surface area (Å²) < 4.78 is 19.2. The first kappa shape index (κ1) is 16.9. The van der Waals surface area contributed by atoms with E-state index in [1.54, 1.807) is 13.2 Å². The van der Waals surface area contributed by atoms with Crippen molar-refractivity contribution in [2.45, 2.75) is 6.54 Å². The van der Waals surface area contributed by atoms with Crippen molar-refractivity contribution in [3.05, 3.63) is 59.7 Å². The van der Waals surface area contributed by atoms with E-state index in [0.717, 1.165) is 11.6 Å². The predicted octanol–water partition coefficient (Wildman–Crippen LogP) is 2.35. The lowest BCUT2D eigenvalue weighted by Gasteiger charge is -2.23. The average Bonchev–Trinajstić information content (AvgIpc) is 3.08. The molecule has 0 atom stereocenters. The Labute approximate surface area is 143 Å². The summed E-state index contributed by atoms with van der Waals surface area (Å²) in [5.74, 6) is -0.291. The van der Waals surface area contributed by atoms with Crippen molar-refractivity contribution in [3.63, 3.8) is 0 Å². The molecular weight excluding hydrogens is 325 g/mol. The smallest absolute Gasteiger partial charge is 0.256 e. The number of carbonyl (C=O) groups is 1. The van der Waals surface area contributed by atoms with Gasteiger partial charge in [-0.3, -0.25) is 4.79 Å². The third kappa shape index (κ3) is 3.46. The van der Waals surface area contributed by atoms with E-state index in [2.05, 4.69) is 9.97 Å². The third-order valence-corrected chi connectivity index (χ3v) is 3.93. The first-order valence-electron chi connectivity index (χ1n) is 7.78. The van der Waals surface area contributed by atoms with Gasteiger partial charge in [0.05, 0.1) is 31.1 Å². The third-order valence-electron chi connectivity index (χ3n) is 3.93. The second kappa shape index (κ2) is 7.31. The minimum Gasteiger partial charge on any atom is -0.496 e. The Hall–Kier alpha value is -2.93. The second-order valence-corrected chi connectivity index (χ2v) is 5.51. The van der Waals surface area contributed by atoms with E-state index in [9.17, 15) is 14.3 Å². The van der Waals surface area contributed by atoms with Gasteiger partial charge < -0.3 is 19.7 Å². The molecular formula is C18H18FN3O3. The minimum absolute atomic E-state index is 0.110. The van der Waals surface area contributed by atoms with E-state index in [4.69, 9.17) is 4.74 Å². The molecule has 2 aromatic carbocycles. The number of nitrogens with zero attached hydrogens (tertiary/aromatic N) is 2. The lowest BCUT2D eigenvalue weighted by atomic mass is 10.1. The zero-order valence-corrected chi connectivity index (χ0v) is 13.7. The Morgan fingerprint density at radius 1 is 1.36 bits per heavy atom. The Morgan fingerprint density at radius 3 is 2.92 bits per heavy atom. The molecule has 7 heteroatoms. The van der Waals surface area contributed by atoms with Gasteiger partial charge in [-0.15, -0.1) is 0 Å². The summed E-state index contributed by atoms with van der Waals surface area (Å²) in [5.41, 5.74) is 1.79. The molecule has 0 unspecified atom stereocenters. The number of nitrogens with one attached hydrogen (secondary N) is 1. The van der Waals surface area contributed by atoms with Crippen LogP contribution in [0.15, 0.2) is 42.7 Å². The van der Waals surface area contributed by atoms with Crippen LogP contribution in [0.5, 0.6) is 5.75 Å². The fourth-order valence-electron chi connectivity index (χ4n) is 2.76. The topological polar surface area (TPSA) is 78.5 Å². The lowest BCUT2D eigenvalue weighted by molar-refractivity contribution is 0.0708. The predicted molar refractivity (Wildman–Crippen MR) is 90.9 cm³/mol. The second-order valence-electron chi connectivity index (χ2n) is 5.51. The van der Waals surface area contributed by atoms with Crippen LogP contribution in [-0.4, -0.2) is 46.1 Å². The number of amides is 1. The van der Waals surface area contributed by atoms with Gasteiger partial charge in [0, 0.05) is 18.7 Å². The number of hydrogen-bond acceptors (Lipinski definition) is 4. The molecule has 3 rings (SSSR count). The molecule has 0 aliphatic heterocycles. The molecule has 0 radical (unpaired) electrons. The molecule has 0 saturated carbocycles. The van der Waals surface area contributed by atoms with E-state index < -0.39 is 11.7 Å². The standard InChI is InChI=1S/C18H18FN3O3/c1-25-16-5-3-2-4-12(16)10-22(6-7-23)18(24)14-8-13(19)9-15-17(14)21-11-20-15/h2-5,8-9,11,23H,6-7,10H2,1H3,(H,20,21). The van der Waals surface area contributed by atoms with Crippen LogP contribution >= 0.6 is 0 Å². The van der Waals surface area contributed by atoms with Crippen molar-refractivity contribution in [2.75, 3.05) is 20.3 Å². The Bertz CT molecular complexity index is 894. The highest BCUT2D eigenvalue weighted by atomic mass is 19.1. The van der Waals surface area contributed by atoms with Crippen LogP contribution < -0.4 is 4.74 Å². The number of aromatic nitrogens is 2. The molecule has 25 heavy (non-hydrogen) atoms. The first-order chi connectivity index (χ1) is 12.1. The summed E-state index contributed by atoms with van der Waals surface area (Å²) in [6.45, 7) is 0.130. The van der Waals surface area contributed by atoms with Gasteiger partial charge in [-0.1, -0.05) is 18.2 Å². The number of aliphatic hydroxyl groups is 1. The van der Waals surface area contributed by atoms with Crippen LogP contribution in [0.1, 0.15) is 15.9 Å². The van der Waals surface area contributed by atoms with Gasteiger partial charge in [0.15, 0.2) is 0 Å². The molecule has 130 valence electrons. The zero-order valence-electron chi connectivity index (χ0n) is 13.7. The van der Waals surface area contributed by atoms with E-state index in [1.807, 2.05) is 18.2 Å². The summed E-state index contributed by atoms with van der Waals surface area (Å²) in [6, 6.07) is 9.76. The number of benzene rings is 2. The summed E-state index contributed by atoms with van der Waals surface area (Å²) in [5, 5.41) is 9.34. The van der Waals surface area contributed by atoms with E-state index in [0.29, 0.717) is 16.8 Å². The molecule has 1 amide bonds. The number of halogens is 1. The fraction of sp³-hybridized carbons (Fsp3) is 0.222. The average molecular weight is 343 g/mol. The monoisotopic (exact) mass is 343 g/mol. The van der Waals surface area contributed by atoms with Gasteiger partial charge in [0.25, 0.3) is 5.91 Å². The molecule has 0 aliphatic carbocycles. The molecule has 1 aromatic heterocycles. The molecule has 6 nitrogen and oxygen atoms in total. The van der Waals surface area contributed by atoms with Crippen molar-refractivity contribution in [1.29, 1.82) is 0 Å². The summed E-state index contributed by atoms with van der Waals surface area (Å²) in [4.78, 5) is 21.3. The van der Waals surface area contributed by atoms with Crippen molar-refractivity contribution < 1.29 is 19.0 Å². The SMILES string of the molecule is COc1ccccc1CN(CCO)C(=O)c1cc(F)cc2[nH]cnc12. The van der Waals surface area contributed by atoms with Gasteiger partial charge in [-0.2, -0.15) is 0 Å². The summed E-state index contributed by atoms with van der Waals surface area (Å²) >= 11 is 0. The maximum atomic E-state index is 13.8. The van der Waals surface area contributed by atoms with Crippen molar-refractivity contribution in [1.82, 2.24) is 14.9 Å². The number of carbonyl (C=O) groups excluding carboxylic acids is 1. The van der Waals surface area contributed by atoms with Gasteiger partial charge in [-0.25, -0.2) is 9.37 Å². The number of para-hydroxylation sites is 1. The van der Waals surface area contributed by atoms with Crippen molar-refractivity contribution in [2.24, 2.45) is 0 Å². The first-order valence-corrected chi connectivity index (χ1v) is 7.78. The summed E-state index contributed by atoms with van der Waals surface area (Å²) in [6.07, 6.45) is 1.41. The number of aliphatic hydroxyl groups excluding tert-OH is 1. The van der Waals surface area contributed by atoms with Gasteiger partial charge in [-0.05, 0) is 18.2 Å². The zero-order chi connectivity index (χ0) is 17.8. The molecule has 1 heterocycles.